The fourth-order valence-electron chi connectivity index (χ4n) is 6.13. The Bertz CT molecular complexity index is 2420. The van der Waals surface area contributed by atoms with Gasteiger partial charge >= 0.3 is 0 Å². The van der Waals surface area contributed by atoms with Gasteiger partial charge in [0.25, 0.3) is 0 Å². The summed E-state index contributed by atoms with van der Waals surface area (Å²) < 4.78 is 35.1. The van der Waals surface area contributed by atoms with E-state index < -0.39 is 5.41 Å². The normalized spacial score (nSPS) is 10.2. The van der Waals surface area contributed by atoms with Crippen LogP contribution in [0.1, 0.15) is 40.3 Å². The van der Waals surface area contributed by atoms with Gasteiger partial charge in [-0.25, -0.2) is 0 Å². The third-order valence-corrected chi connectivity index (χ3v) is 9.17. The molecule has 6 aromatic carbocycles. The van der Waals surface area contributed by atoms with Gasteiger partial charge in [-0.1, -0.05) is 54.2 Å². The molecule has 0 fully saturated rings. The van der Waals surface area contributed by atoms with E-state index >= 15 is 0 Å². The number of nitriles is 3. The molecule has 0 radical (unpaired) electrons. The third-order valence-electron chi connectivity index (χ3n) is 9.17. The molecule has 0 aliphatic heterocycles. The van der Waals surface area contributed by atoms with E-state index in [-0.39, 0.29) is 19.8 Å². The summed E-state index contributed by atoms with van der Waals surface area (Å²) in [5.41, 5.74) is 2.98. The molecule has 0 heterocycles. The number of hydrogen-bond donors (Lipinski definition) is 0. The molecule has 0 aromatic heterocycles. The predicted octanol–water partition coefficient (Wildman–Crippen LogP) is 10.1. The van der Waals surface area contributed by atoms with Gasteiger partial charge < -0.3 is 28.4 Å². The molecule has 0 aliphatic rings. The van der Waals surface area contributed by atoms with Crippen molar-refractivity contribution in [3.8, 4) is 107 Å². The van der Waals surface area contributed by atoms with Crippen molar-refractivity contribution in [2.45, 2.75) is 12.3 Å². The summed E-state index contributed by atoms with van der Waals surface area (Å²) in [6, 6.07) is 43.9. The topological polar surface area (TPSA) is 127 Å². The molecule has 0 unspecified atom stereocenters. The third kappa shape index (κ3) is 9.39. The van der Waals surface area contributed by atoms with Crippen molar-refractivity contribution in [1.82, 2.24) is 0 Å². The fourth-order valence-corrected chi connectivity index (χ4v) is 6.13. The van der Waals surface area contributed by atoms with Crippen LogP contribution in [0.4, 0.5) is 0 Å². The van der Waals surface area contributed by atoms with E-state index in [0.29, 0.717) is 68.4 Å². The van der Waals surface area contributed by atoms with Gasteiger partial charge in [-0.2, -0.15) is 15.8 Å². The first-order chi connectivity index (χ1) is 28.8. The first-order valence-corrected chi connectivity index (χ1v) is 18.0. The van der Waals surface area contributed by atoms with Crippen LogP contribution in [0.15, 0.2) is 127 Å². The van der Waals surface area contributed by atoms with Crippen molar-refractivity contribution < 1.29 is 28.4 Å². The van der Waals surface area contributed by atoms with Crippen LogP contribution in [0.3, 0.4) is 0 Å². The lowest BCUT2D eigenvalue weighted by molar-refractivity contribution is 0.367. The van der Waals surface area contributed by atoms with Crippen molar-refractivity contribution >= 4 is 0 Å². The summed E-state index contributed by atoms with van der Waals surface area (Å²) in [6.45, 7) is 2.32. The Morgan fingerprint density at radius 2 is 0.661 bits per heavy atom. The smallest absolute Gasteiger partial charge is 0.148 e. The Balaban J connectivity index is 1.34. The standard InChI is InChI=1S/C50H33N3O6/c1-5-26-54-44-17-8-35(32-51)47(29-44)57-41-20-11-38(12-21-41)50(4,39-13-22-42(23-14-39)58-48-30-45(55-27-6-2)18-9-36(48)33-52)40-15-24-43(25-16-40)59-49-31-46(56-28-7-3)19-10-37(49)34-53/h1-3,8-25,29-31H,26-28H2,4H3. The number of nitrogens with zero attached hydrogens (tertiary/aromatic N) is 3. The molecule has 6 aromatic rings. The molecule has 9 heteroatoms. The van der Waals surface area contributed by atoms with Crippen molar-refractivity contribution in [2.75, 3.05) is 19.8 Å². The second kappa shape index (κ2) is 18.7. The molecule has 0 bridgehead atoms. The molecule has 59 heavy (non-hydrogen) atoms. The first kappa shape index (κ1) is 39.9. The van der Waals surface area contributed by atoms with E-state index in [2.05, 4.69) is 42.9 Å². The minimum Gasteiger partial charge on any atom is -0.481 e. The SMILES string of the molecule is C#CCOc1ccc(C#N)c(Oc2ccc(C(C)(c3ccc(Oc4cc(OCC#C)ccc4C#N)cc3)c3ccc(Oc4cc(OCC#C)ccc4C#N)cc3)cc2)c1. The van der Waals surface area contributed by atoms with E-state index in [1.165, 1.54) is 0 Å². The summed E-state index contributed by atoms with van der Waals surface area (Å²) in [7, 11) is 0. The maximum absolute atomic E-state index is 9.74. The van der Waals surface area contributed by atoms with Crippen LogP contribution < -0.4 is 28.4 Å². The summed E-state index contributed by atoms with van der Waals surface area (Å²) in [5.74, 6) is 11.2. The van der Waals surface area contributed by atoms with E-state index in [4.69, 9.17) is 47.7 Å². The second-order valence-corrected chi connectivity index (χ2v) is 12.8. The number of rotatable bonds is 15. The van der Waals surface area contributed by atoms with E-state index in [0.717, 1.165) is 16.7 Å². The van der Waals surface area contributed by atoms with Gasteiger partial charge in [0.2, 0.25) is 0 Å². The highest BCUT2D eigenvalue weighted by Gasteiger charge is 2.32. The predicted molar refractivity (Wildman–Crippen MR) is 222 cm³/mol. The van der Waals surface area contributed by atoms with Gasteiger partial charge in [0.1, 0.15) is 89.8 Å². The Labute approximate surface area is 343 Å². The zero-order chi connectivity index (χ0) is 41.6. The van der Waals surface area contributed by atoms with Crippen molar-refractivity contribution in [1.29, 1.82) is 15.8 Å². The highest BCUT2D eigenvalue weighted by Crippen LogP contribution is 2.42. The lowest BCUT2D eigenvalue weighted by Crippen LogP contribution is -2.25. The number of hydrogen-bond acceptors (Lipinski definition) is 9. The lowest BCUT2D eigenvalue weighted by atomic mass is 9.71. The summed E-state index contributed by atoms with van der Waals surface area (Å²) in [6.07, 6.45) is 16.1. The summed E-state index contributed by atoms with van der Waals surface area (Å²) in [5, 5.41) is 29.2. The number of ether oxygens (including phenoxy) is 6. The maximum atomic E-state index is 9.74. The zero-order valence-corrected chi connectivity index (χ0v) is 31.8. The first-order valence-electron chi connectivity index (χ1n) is 18.0. The van der Waals surface area contributed by atoms with Gasteiger partial charge in [-0.15, -0.1) is 19.3 Å². The monoisotopic (exact) mass is 771 g/mol. The molecule has 0 aliphatic carbocycles. The van der Waals surface area contributed by atoms with Gasteiger partial charge in [-0.3, -0.25) is 0 Å². The number of benzene rings is 6. The van der Waals surface area contributed by atoms with Gasteiger partial charge in [0.15, 0.2) is 0 Å². The van der Waals surface area contributed by atoms with Crippen LogP contribution in [0.2, 0.25) is 0 Å². The number of terminal acetylenes is 3. The second-order valence-electron chi connectivity index (χ2n) is 12.8. The Morgan fingerprint density at radius 1 is 0.407 bits per heavy atom. The van der Waals surface area contributed by atoms with Crippen molar-refractivity contribution in [3.05, 3.63) is 161 Å². The van der Waals surface area contributed by atoms with Crippen LogP contribution in [0.25, 0.3) is 0 Å². The van der Waals surface area contributed by atoms with Gasteiger partial charge in [-0.05, 0) is 96.4 Å². The molecule has 6 rings (SSSR count). The molecule has 0 atom stereocenters. The molecular formula is C50H33N3O6. The van der Waals surface area contributed by atoms with Crippen LogP contribution >= 0.6 is 0 Å². The zero-order valence-electron chi connectivity index (χ0n) is 31.8. The molecule has 9 nitrogen and oxygen atoms in total. The Hall–Kier alpha value is -8.73. The van der Waals surface area contributed by atoms with Crippen molar-refractivity contribution in [3.63, 3.8) is 0 Å². The quantitative estimate of drug-likeness (QED) is 0.0740. The van der Waals surface area contributed by atoms with Crippen LogP contribution in [0.5, 0.6) is 51.7 Å². The highest BCUT2D eigenvalue weighted by atomic mass is 16.5. The van der Waals surface area contributed by atoms with Crippen LogP contribution in [-0.2, 0) is 5.41 Å². The minimum atomic E-state index is -0.752. The summed E-state index contributed by atoms with van der Waals surface area (Å²) >= 11 is 0. The maximum Gasteiger partial charge on any atom is 0.148 e. The molecule has 0 amide bonds. The molecule has 0 spiro atoms. The Morgan fingerprint density at radius 3 is 0.898 bits per heavy atom. The van der Waals surface area contributed by atoms with E-state index in [1.54, 1.807) is 54.6 Å². The molecular weight excluding hydrogens is 739 g/mol. The fraction of sp³-hybridized carbons (Fsp3) is 0.100. The van der Waals surface area contributed by atoms with E-state index in [9.17, 15) is 15.8 Å². The summed E-state index contributed by atoms with van der Waals surface area (Å²) in [4.78, 5) is 0. The highest BCUT2D eigenvalue weighted by molar-refractivity contribution is 5.56. The van der Waals surface area contributed by atoms with E-state index in [1.807, 2.05) is 72.8 Å². The molecule has 284 valence electrons. The largest absolute Gasteiger partial charge is 0.481 e. The van der Waals surface area contributed by atoms with Gasteiger partial charge in [0, 0.05) is 23.6 Å². The molecule has 0 saturated carbocycles. The van der Waals surface area contributed by atoms with Gasteiger partial charge in [0.05, 0.1) is 16.7 Å². The van der Waals surface area contributed by atoms with Crippen LogP contribution in [-0.4, -0.2) is 19.8 Å². The Kier molecular flexibility index (Phi) is 12.7. The average molecular weight is 772 g/mol. The lowest BCUT2D eigenvalue weighted by Gasteiger charge is -2.32. The average Bonchev–Trinajstić information content (AvgIpc) is 3.27. The molecule has 0 saturated heterocycles. The van der Waals surface area contributed by atoms with Crippen LogP contribution in [0, 0.1) is 71.0 Å². The van der Waals surface area contributed by atoms with Crippen molar-refractivity contribution in [2.24, 2.45) is 0 Å². The minimum absolute atomic E-state index is 0.0746. The molecule has 0 N–H and O–H groups in total.